The van der Waals surface area contributed by atoms with Crippen LogP contribution in [0.15, 0.2) is 29.2 Å². The van der Waals surface area contributed by atoms with E-state index < -0.39 is 15.8 Å². The molecule has 0 aliphatic heterocycles. The van der Waals surface area contributed by atoms with Gasteiger partial charge in [-0.3, -0.25) is 9.59 Å². The summed E-state index contributed by atoms with van der Waals surface area (Å²) >= 11 is 0. The highest BCUT2D eigenvalue weighted by Crippen LogP contribution is 2.24. The van der Waals surface area contributed by atoms with E-state index in [1.54, 1.807) is 0 Å². The van der Waals surface area contributed by atoms with Crippen LogP contribution in [0.3, 0.4) is 0 Å². The van der Waals surface area contributed by atoms with Gasteiger partial charge in [-0.1, -0.05) is 0 Å². The van der Waals surface area contributed by atoms with Gasteiger partial charge in [0.1, 0.15) is 0 Å². The molecule has 1 fully saturated rings. The lowest BCUT2D eigenvalue weighted by Crippen LogP contribution is -2.38. The minimum absolute atomic E-state index is 0.0299. The fourth-order valence-electron chi connectivity index (χ4n) is 2.61. The van der Waals surface area contributed by atoms with Crippen LogP contribution in [-0.4, -0.2) is 37.7 Å². The second-order valence-electron chi connectivity index (χ2n) is 5.66. The predicted molar refractivity (Wildman–Crippen MR) is 80.4 cm³/mol. The fraction of sp³-hybridized carbons (Fsp3) is 0.467. The third-order valence-corrected chi connectivity index (χ3v) is 5.08. The molecule has 1 saturated carbocycles. The van der Waals surface area contributed by atoms with E-state index in [4.69, 9.17) is 5.11 Å². The summed E-state index contributed by atoms with van der Waals surface area (Å²) in [5.41, 5.74) is 0.396. The average Bonchev–Trinajstić information content (AvgIpc) is 2.47. The number of carbonyl (C=O) groups is 2. The van der Waals surface area contributed by atoms with Crippen LogP contribution in [0.2, 0.25) is 0 Å². The second-order valence-corrected chi connectivity index (χ2v) is 7.67. The summed E-state index contributed by atoms with van der Waals surface area (Å²) in [7, 11) is -3.27. The SMILES string of the molecule is CS(=O)(=O)c1ccc(C(=O)NC2CCC(C(=O)O)CC2)cc1. The Labute approximate surface area is 129 Å². The lowest BCUT2D eigenvalue weighted by molar-refractivity contribution is -0.142. The van der Waals surface area contributed by atoms with Gasteiger partial charge in [0.25, 0.3) is 5.91 Å². The van der Waals surface area contributed by atoms with Gasteiger partial charge in [0, 0.05) is 17.9 Å². The molecule has 7 heteroatoms. The van der Waals surface area contributed by atoms with Crippen LogP contribution >= 0.6 is 0 Å². The molecule has 1 amide bonds. The van der Waals surface area contributed by atoms with Gasteiger partial charge in [-0.25, -0.2) is 8.42 Å². The van der Waals surface area contributed by atoms with Crippen molar-refractivity contribution in [3.05, 3.63) is 29.8 Å². The molecule has 0 aromatic heterocycles. The number of nitrogens with one attached hydrogen (secondary N) is 1. The van der Waals surface area contributed by atoms with Gasteiger partial charge < -0.3 is 10.4 Å². The number of carbonyl (C=O) groups excluding carboxylic acids is 1. The molecule has 2 N–H and O–H groups in total. The number of carboxylic acid groups (broad SMARTS) is 1. The molecule has 1 aliphatic carbocycles. The molecule has 0 radical (unpaired) electrons. The van der Waals surface area contributed by atoms with Crippen molar-refractivity contribution in [3.8, 4) is 0 Å². The van der Waals surface area contributed by atoms with Crippen molar-refractivity contribution in [2.24, 2.45) is 5.92 Å². The van der Waals surface area contributed by atoms with Crippen LogP contribution in [-0.2, 0) is 14.6 Å². The Morgan fingerprint density at radius 3 is 2.09 bits per heavy atom. The van der Waals surface area contributed by atoms with Crippen molar-refractivity contribution in [2.45, 2.75) is 36.6 Å². The molecule has 1 aromatic carbocycles. The molecule has 22 heavy (non-hydrogen) atoms. The monoisotopic (exact) mass is 325 g/mol. The van der Waals surface area contributed by atoms with E-state index in [0.717, 1.165) is 6.26 Å². The molecule has 0 spiro atoms. The van der Waals surface area contributed by atoms with Crippen molar-refractivity contribution < 1.29 is 23.1 Å². The highest BCUT2D eigenvalue weighted by atomic mass is 32.2. The summed E-state index contributed by atoms with van der Waals surface area (Å²) in [6, 6.07) is 5.75. The molecule has 1 aliphatic rings. The first-order valence-corrected chi connectivity index (χ1v) is 9.00. The van der Waals surface area contributed by atoms with Crippen molar-refractivity contribution in [1.29, 1.82) is 0 Å². The third-order valence-electron chi connectivity index (χ3n) is 3.96. The van der Waals surface area contributed by atoms with Crippen LogP contribution in [0.4, 0.5) is 0 Å². The van der Waals surface area contributed by atoms with E-state index in [1.807, 2.05) is 0 Å². The van der Waals surface area contributed by atoms with Gasteiger partial charge >= 0.3 is 5.97 Å². The number of rotatable bonds is 4. The zero-order chi connectivity index (χ0) is 16.3. The Kier molecular flexibility index (Phi) is 4.85. The van der Waals surface area contributed by atoms with Crippen molar-refractivity contribution in [2.75, 3.05) is 6.26 Å². The minimum atomic E-state index is -3.27. The first-order chi connectivity index (χ1) is 10.3. The zero-order valence-electron chi connectivity index (χ0n) is 12.3. The Hall–Kier alpha value is -1.89. The molecule has 0 saturated heterocycles. The van der Waals surface area contributed by atoms with Crippen molar-refractivity contribution in [3.63, 3.8) is 0 Å². The molecule has 120 valence electrons. The average molecular weight is 325 g/mol. The summed E-state index contributed by atoms with van der Waals surface area (Å²) in [5.74, 6) is -1.36. The molecule has 0 unspecified atom stereocenters. The summed E-state index contributed by atoms with van der Waals surface area (Å²) in [4.78, 5) is 23.2. The smallest absolute Gasteiger partial charge is 0.306 e. The summed E-state index contributed by atoms with van der Waals surface area (Å²) < 4.78 is 22.7. The Morgan fingerprint density at radius 2 is 1.64 bits per heavy atom. The number of hydrogen-bond donors (Lipinski definition) is 2. The van der Waals surface area contributed by atoms with Gasteiger partial charge in [-0.05, 0) is 49.9 Å². The molecular weight excluding hydrogens is 306 g/mol. The number of amides is 1. The summed E-state index contributed by atoms with van der Waals surface area (Å²) in [5, 5.41) is 11.8. The van der Waals surface area contributed by atoms with Gasteiger partial charge in [0.15, 0.2) is 9.84 Å². The van der Waals surface area contributed by atoms with Crippen LogP contribution in [0.25, 0.3) is 0 Å². The van der Waals surface area contributed by atoms with Crippen molar-refractivity contribution in [1.82, 2.24) is 5.32 Å². The summed E-state index contributed by atoms with van der Waals surface area (Å²) in [6.07, 6.45) is 3.53. The molecule has 1 aromatic rings. The highest BCUT2D eigenvalue weighted by molar-refractivity contribution is 7.90. The fourth-order valence-corrected chi connectivity index (χ4v) is 3.24. The highest BCUT2D eigenvalue weighted by Gasteiger charge is 2.26. The maximum atomic E-state index is 12.1. The first-order valence-electron chi connectivity index (χ1n) is 7.11. The number of carboxylic acids is 1. The molecule has 0 atom stereocenters. The lowest BCUT2D eigenvalue weighted by Gasteiger charge is -2.26. The van der Waals surface area contributed by atoms with Crippen LogP contribution in [0.5, 0.6) is 0 Å². The quantitative estimate of drug-likeness (QED) is 0.873. The van der Waals surface area contributed by atoms with Gasteiger partial charge in [-0.15, -0.1) is 0 Å². The Balaban J connectivity index is 1.94. The van der Waals surface area contributed by atoms with E-state index in [9.17, 15) is 18.0 Å². The Bertz CT molecular complexity index is 658. The number of aliphatic carboxylic acids is 1. The normalized spacial score (nSPS) is 22.0. The predicted octanol–water partition coefficient (Wildman–Crippen LogP) is 1.46. The molecule has 0 heterocycles. The standard InChI is InChI=1S/C15H19NO5S/c1-22(20,21)13-8-4-10(5-9-13)14(17)16-12-6-2-11(3-7-12)15(18)19/h4-5,8-9,11-12H,2-3,6-7H2,1H3,(H,16,17)(H,18,19). The van der Waals surface area contributed by atoms with Gasteiger partial charge in [0.2, 0.25) is 0 Å². The second kappa shape index (κ2) is 6.48. The van der Waals surface area contributed by atoms with Gasteiger partial charge in [-0.2, -0.15) is 0 Å². The molecule has 0 bridgehead atoms. The lowest BCUT2D eigenvalue weighted by atomic mass is 9.86. The third kappa shape index (κ3) is 4.07. The van der Waals surface area contributed by atoms with Crippen LogP contribution in [0, 0.1) is 5.92 Å². The number of benzene rings is 1. The topological polar surface area (TPSA) is 101 Å². The van der Waals surface area contributed by atoms with E-state index >= 15 is 0 Å². The van der Waals surface area contributed by atoms with Gasteiger partial charge in [0.05, 0.1) is 10.8 Å². The van der Waals surface area contributed by atoms with E-state index in [0.29, 0.717) is 31.2 Å². The number of sulfone groups is 1. The van der Waals surface area contributed by atoms with Crippen molar-refractivity contribution >= 4 is 21.7 Å². The first kappa shape index (κ1) is 16.5. The number of hydrogen-bond acceptors (Lipinski definition) is 4. The zero-order valence-corrected chi connectivity index (χ0v) is 13.1. The van der Waals surface area contributed by atoms with E-state index in [1.165, 1.54) is 24.3 Å². The van der Waals surface area contributed by atoms with E-state index in [-0.39, 0.29) is 22.8 Å². The van der Waals surface area contributed by atoms with Crippen LogP contribution < -0.4 is 5.32 Å². The molecule has 2 rings (SSSR count). The maximum absolute atomic E-state index is 12.1. The minimum Gasteiger partial charge on any atom is -0.481 e. The maximum Gasteiger partial charge on any atom is 0.306 e. The van der Waals surface area contributed by atoms with Crippen LogP contribution in [0.1, 0.15) is 36.0 Å². The molecule has 6 nitrogen and oxygen atoms in total. The Morgan fingerprint density at radius 1 is 1.09 bits per heavy atom. The molecular formula is C15H19NO5S. The summed E-state index contributed by atoms with van der Waals surface area (Å²) in [6.45, 7) is 0. The van der Waals surface area contributed by atoms with E-state index in [2.05, 4.69) is 5.32 Å². The largest absolute Gasteiger partial charge is 0.481 e.